The van der Waals surface area contributed by atoms with Crippen molar-refractivity contribution in [1.82, 2.24) is 4.98 Å². The van der Waals surface area contributed by atoms with Crippen molar-refractivity contribution in [3.8, 4) is 0 Å². The molecule has 2 rings (SSSR count). The fourth-order valence-electron chi connectivity index (χ4n) is 2.33. The van der Waals surface area contributed by atoms with E-state index in [-0.39, 0.29) is 0 Å². The van der Waals surface area contributed by atoms with Crippen LogP contribution < -0.4 is 10.2 Å². The summed E-state index contributed by atoms with van der Waals surface area (Å²) in [5, 5.41) is 3.09. The third kappa shape index (κ3) is 2.06. The van der Waals surface area contributed by atoms with Crippen molar-refractivity contribution >= 4 is 11.5 Å². The summed E-state index contributed by atoms with van der Waals surface area (Å²) in [5.41, 5.74) is 1.30. The summed E-state index contributed by atoms with van der Waals surface area (Å²) in [7, 11) is 1.91. The van der Waals surface area contributed by atoms with Crippen LogP contribution in [0.2, 0.25) is 0 Å². The maximum Gasteiger partial charge on any atom is 0.127 e. The van der Waals surface area contributed by atoms with Gasteiger partial charge in [0.05, 0.1) is 0 Å². The zero-order chi connectivity index (χ0) is 10.7. The van der Waals surface area contributed by atoms with E-state index in [0.717, 1.165) is 11.9 Å². The molecular weight excluding hydrogens is 186 g/mol. The standard InChI is InChI=1S/C12H19N3/c1-3-10-5-4-8-15(10)11-6-7-14-12(9-11)13-2/h6-7,9-10H,3-5,8H2,1-2H3,(H,13,14). The minimum Gasteiger partial charge on any atom is -0.373 e. The van der Waals surface area contributed by atoms with Gasteiger partial charge in [-0.05, 0) is 25.3 Å². The largest absolute Gasteiger partial charge is 0.373 e. The summed E-state index contributed by atoms with van der Waals surface area (Å²) in [5.74, 6) is 0.953. The molecule has 0 spiro atoms. The van der Waals surface area contributed by atoms with Crippen LogP contribution in [-0.2, 0) is 0 Å². The number of nitrogens with one attached hydrogen (secondary N) is 1. The highest BCUT2D eigenvalue weighted by molar-refractivity contribution is 5.54. The minimum atomic E-state index is 0.720. The molecule has 1 aliphatic rings. The molecule has 15 heavy (non-hydrogen) atoms. The first-order chi connectivity index (χ1) is 7.35. The fraction of sp³-hybridized carbons (Fsp3) is 0.583. The van der Waals surface area contributed by atoms with Gasteiger partial charge in [0.2, 0.25) is 0 Å². The average molecular weight is 205 g/mol. The number of pyridine rings is 1. The molecule has 0 aromatic carbocycles. The molecule has 1 atom stereocenters. The number of hydrogen-bond acceptors (Lipinski definition) is 3. The van der Waals surface area contributed by atoms with Gasteiger partial charge in [-0.1, -0.05) is 6.92 Å². The Kier molecular flexibility index (Phi) is 3.09. The highest BCUT2D eigenvalue weighted by atomic mass is 15.2. The topological polar surface area (TPSA) is 28.2 Å². The molecule has 1 unspecified atom stereocenters. The third-order valence-electron chi connectivity index (χ3n) is 3.18. The molecule has 1 aromatic rings. The minimum absolute atomic E-state index is 0.720. The van der Waals surface area contributed by atoms with Gasteiger partial charge in [0, 0.05) is 37.6 Å². The highest BCUT2D eigenvalue weighted by Gasteiger charge is 2.22. The van der Waals surface area contributed by atoms with Crippen molar-refractivity contribution < 1.29 is 0 Å². The smallest absolute Gasteiger partial charge is 0.127 e. The van der Waals surface area contributed by atoms with E-state index in [4.69, 9.17) is 0 Å². The lowest BCUT2D eigenvalue weighted by atomic mass is 10.1. The second kappa shape index (κ2) is 4.51. The van der Waals surface area contributed by atoms with Crippen LogP contribution in [0.15, 0.2) is 18.3 Å². The van der Waals surface area contributed by atoms with Gasteiger partial charge in [0.25, 0.3) is 0 Å². The van der Waals surface area contributed by atoms with Crippen LogP contribution in [0, 0.1) is 0 Å². The Hall–Kier alpha value is -1.25. The molecule has 1 aromatic heterocycles. The zero-order valence-electron chi connectivity index (χ0n) is 9.53. The van der Waals surface area contributed by atoms with E-state index in [2.05, 4.69) is 34.3 Å². The van der Waals surface area contributed by atoms with E-state index in [1.54, 1.807) is 0 Å². The lowest BCUT2D eigenvalue weighted by molar-refractivity contribution is 0.645. The van der Waals surface area contributed by atoms with Crippen LogP contribution in [-0.4, -0.2) is 24.6 Å². The van der Waals surface area contributed by atoms with Gasteiger partial charge in [0.1, 0.15) is 5.82 Å². The Labute approximate surface area is 91.5 Å². The normalized spacial score (nSPS) is 20.7. The zero-order valence-corrected chi connectivity index (χ0v) is 9.53. The lowest BCUT2D eigenvalue weighted by Gasteiger charge is -2.26. The lowest BCUT2D eigenvalue weighted by Crippen LogP contribution is -2.28. The molecule has 0 saturated carbocycles. The van der Waals surface area contributed by atoms with Crippen LogP contribution in [0.25, 0.3) is 0 Å². The predicted octanol–water partition coefficient (Wildman–Crippen LogP) is 2.50. The van der Waals surface area contributed by atoms with Gasteiger partial charge in [-0.15, -0.1) is 0 Å². The molecule has 2 heterocycles. The SMILES string of the molecule is CCC1CCCN1c1ccnc(NC)c1. The van der Waals surface area contributed by atoms with E-state index in [0.29, 0.717) is 0 Å². The quantitative estimate of drug-likeness (QED) is 0.821. The third-order valence-corrected chi connectivity index (χ3v) is 3.18. The fourth-order valence-corrected chi connectivity index (χ4v) is 2.33. The first kappa shape index (κ1) is 10.3. The Morgan fingerprint density at radius 1 is 1.60 bits per heavy atom. The first-order valence-corrected chi connectivity index (χ1v) is 5.75. The molecule has 0 aliphatic carbocycles. The van der Waals surface area contributed by atoms with E-state index in [1.165, 1.54) is 31.5 Å². The van der Waals surface area contributed by atoms with E-state index >= 15 is 0 Å². The second-order valence-corrected chi connectivity index (χ2v) is 4.05. The maximum atomic E-state index is 4.24. The van der Waals surface area contributed by atoms with Crippen molar-refractivity contribution in [2.75, 3.05) is 23.8 Å². The highest BCUT2D eigenvalue weighted by Crippen LogP contribution is 2.27. The van der Waals surface area contributed by atoms with Gasteiger partial charge >= 0.3 is 0 Å². The molecule has 1 aliphatic heterocycles. The molecule has 3 heteroatoms. The first-order valence-electron chi connectivity index (χ1n) is 5.75. The number of aromatic nitrogens is 1. The summed E-state index contributed by atoms with van der Waals surface area (Å²) in [6, 6.07) is 4.96. The summed E-state index contributed by atoms with van der Waals surface area (Å²) in [6.45, 7) is 3.45. The van der Waals surface area contributed by atoms with Crippen molar-refractivity contribution in [2.45, 2.75) is 32.2 Å². The van der Waals surface area contributed by atoms with Crippen LogP contribution >= 0.6 is 0 Å². The number of anilines is 2. The van der Waals surface area contributed by atoms with Crippen LogP contribution in [0.4, 0.5) is 11.5 Å². The van der Waals surface area contributed by atoms with Gasteiger partial charge in [-0.3, -0.25) is 0 Å². The second-order valence-electron chi connectivity index (χ2n) is 4.05. The Bertz CT molecular complexity index is 324. The van der Waals surface area contributed by atoms with Crippen molar-refractivity contribution in [1.29, 1.82) is 0 Å². The van der Waals surface area contributed by atoms with Gasteiger partial charge in [0.15, 0.2) is 0 Å². The van der Waals surface area contributed by atoms with Crippen LogP contribution in [0.5, 0.6) is 0 Å². The average Bonchev–Trinajstić information content (AvgIpc) is 2.77. The van der Waals surface area contributed by atoms with E-state index < -0.39 is 0 Å². The summed E-state index contributed by atoms with van der Waals surface area (Å²) >= 11 is 0. The molecule has 82 valence electrons. The van der Waals surface area contributed by atoms with Crippen molar-refractivity contribution in [3.05, 3.63) is 18.3 Å². The molecule has 0 radical (unpaired) electrons. The Morgan fingerprint density at radius 2 is 2.47 bits per heavy atom. The van der Waals surface area contributed by atoms with Gasteiger partial charge < -0.3 is 10.2 Å². The number of rotatable bonds is 3. The molecule has 0 amide bonds. The molecule has 1 saturated heterocycles. The van der Waals surface area contributed by atoms with E-state index in [9.17, 15) is 0 Å². The summed E-state index contributed by atoms with van der Waals surface area (Å²) in [4.78, 5) is 6.74. The molecular formula is C12H19N3. The van der Waals surface area contributed by atoms with Crippen LogP contribution in [0.3, 0.4) is 0 Å². The molecule has 0 bridgehead atoms. The summed E-state index contributed by atoms with van der Waals surface area (Å²) in [6.07, 6.45) is 5.76. The molecule has 1 fully saturated rings. The number of hydrogen-bond donors (Lipinski definition) is 1. The monoisotopic (exact) mass is 205 g/mol. The van der Waals surface area contributed by atoms with Gasteiger partial charge in [-0.25, -0.2) is 4.98 Å². The van der Waals surface area contributed by atoms with Gasteiger partial charge in [-0.2, -0.15) is 0 Å². The maximum absolute atomic E-state index is 4.24. The molecule has 3 nitrogen and oxygen atoms in total. The Balaban J connectivity index is 2.20. The summed E-state index contributed by atoms with van der Waals surface area (Å²) < 4.78 is 0. The Morgan fingerprint density at radius 3 is 3.20 bits per heavy atom. The van der Waals surface area contributed by atoms with Crippen molar-refractivity contribution in [2.24, 2.45) is 0 Å². The van der Waals surface area contributed by atoms with Crippen LogP contribution in [0.1, 0.15) is 26.2 Å². The number of nitrogens with zero attached hydrogens (tertiary/aromatic N) is 2. The van der Waals surface area contributed by atoms with Crippen molar-refractivity contribution in [3.63, 3.8) is 0 Å². The van der Waals surface area contributed by atoms with E-state index in [1.807, 2.05) is 13.2 Å². The molecule has 1 N–H and O–H groups in total. The predicted molar refractivity (Wildman–Crippen MR) is 64.4 cm³/mol.